The monoisotopic (exact) mass is 245 g/mol. The molecule has 3 nitrogen and oxygen atoms in total. The lowest BCUT2D eigenvalue weighted by Crippen LogP contribution is -2.40. The van der Waals surface area contributed by atoms with Crippen LogP contribution in [-0.2, 0) is 4.79 Å². The molecule has 0 amide bonds. The molecular formula is C15H19NO2. The van der Waals surface area contributed by atoms with Gasteiger partial charge >= 0.3 is 5.97 Å². The Balaban J connectivity index is 1.85. The third-order valence-corrected chi connectivity index (χ3v) is 5.09. The maximum absolute atomic E-state index is 10.7. The lowest BCUT2D eigenvalue weighted by molar-refractivity contribution is -0.136. The molecule has 0 aromatic rings. The summed E-state index contributed by atoms with van der Waals surface area (Å²) >= 11 is 0. The standard InChI is InChI=1S/C15H19NO2/c16-8-11(1-2-14(17)18)15-12-4-9-3-10(6-12)7-13(15)5-9/h9-10,12-13H,1-7H2,(H,17,18). The van der Waals surface area contributed by atoms with Gasteiger partial charge in [-0.1, -0.05) is 5.57 Å². The number of hydrogen-bond donors (Lipinski definition) is 1. The molecule has 4 bridgehead atoms. The summed E-state index contributed by atoms with van der Waals surface area (Å²) in [5.41, 5.74) is 2.15. The van der Waals surface area contributed by atoms with E-state index in [4.69, 9.17) is 5.11 Å². The molecule has 3 heteroatoms. The smallest absolute Gasteiger partial charge is 0.303 e. The van der Waals surface area contributed by atoms with E-state index in [1.54, 1.807) is 0 Å². The molecule has 0 unspecified atom stereocenters. The summed E-state index contributed by atoms with van der Waals surface area (Å²) in [6.07, 6.45) is 6.93. The minimum Gasteiger partial charge on any atom is -0.481 e. The van der Waals surface area contributed by atoms with Crippen LogP contribution in [0.25, 0.3) is 0 Å². The molecule has 4 rings (SSSR count). The first-order chi connectivity index (χ1) is 8.67. The average Bonchev–Trinajstić information content (AvgIpc) is 2.31. The van der Waals surface area contributed by atoms with Crippen molar-refractivity contribution in [1.82, 2.24) is 0 Å². The summed E-state index contributed by atoms with van der Waals surface area (Å²) in [7, 11) is 0. The van der Waals surface area contributed by atoms with Crippen LogP contribution in [0.3, 0.4) is 0 Å². The van der Waals surface area contributed by atoms with Crippen LogP contribution in [0.4, 0.5) is 0 Å². The Morgan fingerprint density at radius 1 is 1.11 bits per heavy atom. The molecule has 4 fully saturated rings. The van der Waals surface area contributed by atoms with Gasteiger partial charge in [0.25, 0.3) is 0 Å². The third kappa shape index (κ3) is 1.94. The Hall–Kier alpha value is -1.30. The predicted molar refractivity (Wildman–Crippen MR) is 66.6 cm³/mol. The van der Waals surface area contributed by atoms with E-state index in [9.17, 15) is 10.1 Å². The second kappa shape index (κ2) is 4.42. The van der Waals surface area contributed by atoms with Gasteiger partial charge in [0.1, 0.15) is 0 Å². The van der Waals surface area contributed by atoms with Crippen molar-refractivity contribution in [2.75, 3.05) is 0 Å². The number of rotatable bonds is 3. The van der Waals surface area contributed by atoms with Crippen molar-refractivity contribution in [3.05, 3.63) is 11.1 Å². The number of nitriles is 1. The highest BCUT2D eigenvalue weighted by atomic mass is 16.4. The molecule has 1 N–H and O–H groups in total. The number of carboxylic acids is 1. The maximum atomic E-state index is 10.7. The van der Waals surface area contributed by atoms with Crippen LogP contribution >= 0.6 is 0 Å². The number of aliphatic carboxylic acids is 1. The van der Waals surface area contributed by atoms with Crippen LogP contribution in [0.15, 0.2) is 11.1 Å². The summed E-state index contributed by atoms with van der Waals surface area (Å²) < 4.78 is 0. The van der Waals surface area contributed by atoms with Crippen molar-refractivity contribution in [2.24, 2.45) is 23.7 Å². The first-order valence-corrected chi connectivity index (χ1v) is 7.02. The van der Waals surface area contributed by atoms with E-state index < -0.39 is 5.97 Å². The highest BCUT2D eigenvalue weighted by molar-refractivity contribution is 5.67. The number of nitrogens with zero attached hydrogens (tertiary/aromatic N) is 1. The number of carboxylic acid groups (broad SMARTS) is 1. The van der Waals surface area contributed by atoms with Gasteiger partial charge in [-0.2, -0.15) is 5.26 Å². The van der Waals surface area contributed by atoms with Crippen molar-refractivity contribution in [2.45, 2.75) is 44.9 Å². The predicted octanol–water partition coefficient (Wildman–Crippen LogP) is 3.13. The minimum absolute atomic E-state index is 0.0959. The van der Waals surface area contributed by atoms with Gasteiger partial charge in [-0.25, -0.2) is 0 Å². The highest BCUT2D eigenvalue weighted by Gasteiger charge is 2.46. The summed E-state index contributed by atoms with van der Waals surface area (Å²) in [5.74, 6) is 2.17. The largest absolute Gasteiger partial charge is 0.481 e. The van der Waals surface area contributed by atoms with E-state index in [-0.39, 0.29) is 6.42 Å². The summed E-state index contributed by atoms with van der Waals surface area (Å²) in [6.45, 7) is 0. The normalized spacial score (nSPS) is 36.5. The van der Waals surface area contributed by atoms with E-state index in [2.05, 4.69) is 6.07 Å². The van der Waals surface area contributed by atoms with Gasteiger partial charge in [0, 0.05) is 5.57 Å². The molecule has 4 aliphatic rings. The van der Waals surface area contributed by atoms with Crippen LogP contribution in [0.1, 0.15) is 44.9 Å². The van der Waals surface area contributed by atoms with Crippen molar-refractivity contribution >= 4 is 5.97 Å². The van der Waals surface area contributed by atoms with E-state index in [0.717, 1.165) is 17.4 Å². The Labute approximate surface area is 107 Å². The van der Waals surface area contributed by atoms with Gasteiger partial charge in [-0.15, -0.1) is 0 Å². The zero-order valence-electron chi connectivity index (χ0n) is 10.6. The van der Waals surface area contributed by atoms with E-state index in [0.29, 0.717) is 18.3 Å². The molecule has 0 saturated heterocycles. The minimum atomic E-state index is -0.799. The molecule has 4 aliphatic carbocycles. The van der Waals surface area contributed by atoms with Crippen molar-refractivity contribution in [3.63, 3.8) is 0 Å². The molecule has 0 radical (unpaired) electrons. The Morgan fingerprint density at radius 2 is 1.67 bits per heavy atom. The molecule has 4 saturated carbocycles. The van der Waals surface area contributed by atoms with Gasteiger partial charge in [-0.3, -0.25) is 4.79 Å². The quantitative estimate of drug-likeness (QED) is 0.777. The van der Waals surface area contributed by atoms with Gasteiger partial charge < -0.3 is 5.11 Å². The SMILES string of the molecule is N#CC(CCC(=O)O)=C1C2CC3CC(C2)CC1C3. The molecule has 0 heterocycles. The fourth-order valence-corrected chi connectivity index (χ4v) is 4.68. The average molecular weight is 245 g/mol. The molecule has 0 atom stereocenters. The zero-order valence-corrected chi connectivity index (χ0v) is 10.6. The van der Waals surface area contributed by atoms with Crippen molar-refractivity contribution in [3.8, 4) is 6.07 Å². The highest BCUT2D eigenvalue weighted by Crippen LogP contribution is 2.57. The molecule has 0 aromatic heterocycles. The summed E-state index contributed by atoms with van der Waals surface area (Å²) in [5, 5.41) is 18.1. The number of hydrogen-bond acceptors (Lipinski definition) is 2. The fourth-order valence-electron chi connectivity index (χ4n) is 4.68. The van der Waals surface area contributed by atoms with Gasteiger partial charge in [0.05, 0.1) is 12.5 Å². The molecule has 18 heavy (non-hydrogen) atoms. The fraction of sp³-hybridized carbons (Fsp3) is 0.733. The Kier molecular flexibility index (Phi) is 2.89. The lowest BCUT2D eigenvalue weighted by Gasteiger charge is -2.51. The van der Waals surface area contributed by atoms with E-state index in [1.807, 2.05) is 0 Å². The van der Waals surface area contributed by atoms with Crippen LogP contribution in [0.5, 0.6) is 0 Å². The zero-order chi connectivity index (χ0) is 12.7. The molecular weight excluding hydrogens is 226 g/mol. The Morgan fingerprint density at radius 3 is 2.11 bits per heavy atom. The van der Waals surface area contributed by atoms with Crippen LogP contribution in [-0.4, -0.2) is 11.1 Å². The molecule has 0 spiro atoms. The Bertz CT molecular complexity index is 414. The number of allylic oxidation sites excluding steroid dienone is 2. The van der Waals surface area contributed by atoms with E-state index >= 15 is 0 Å². The second-order valence-electron chi connectivity index (χ2n) is 6.24. The second-order valence-corrected chi connectivity index (χ2v) is 6.24. The molecule has 96 valence electrons. The first kappa shape index (κ1) is 11.8. The first-order valence-electron chi connectivity index (χ1n) is 7.02. The maximum Gasteiger partial charge on any atom is 0.303 e. The van der Waals surface area contributed by atoms with Crippen LogP contribution in [0, 0.1) is 35.0 Å². The van der Waals surface area contributed by atoms with Crippen molar-refractivity contribution < 1.29 is 9.90 Å². The van der Waals surface area contributed by atoms with Gasteiger partial charge in [-0.05, 0) is 62.2 Å². The lowest BCUT2D eigenvalue weighted by atomic mass is 9.53. The molecule has 0 aliphatic heterocycles. The topological polar surface area (TPSA) is 61.1 Å². The van der Waals surface area contributed by atoms with Crippen LogP contribution in [0.2, 0.25) is 0 Å². The van der Waals surface area contributed by atoms with Crippen LogP contribution < -0.4 is 0 Å². The summed E-state index contributed by atoms with van der Waals surface area (Å²) in [4.78, 5) is 10.7. The van der Waals surface area contributed by atoms with Crippen molar-refractivity contribution in [1.29, 1.82) is 5.26 Å². The third-order valence-electron chi connectivity index (χ3n) is 5.09. The molecule has 0 aromatic carbocycles. The van der Waals surface area contributed by atoms with Gasteiger partial charge in [0.2, 0.25) is 0 Å². The van der Waals surface area contributed by atoms with E-state index in [1.165, 1.54) is 37.7 Å². The van der Waals surface area contributed by atoms with Gasteiger partial charge in [0.15, 0.2) is 0 Å². The number of carbonyl (C=O) groups is 1. The summed E-state index contributed by atoms with van der Waals surface area (Å²) in [6, 6.07) is 2.30.